The first-order valence-corrected chi connectivity index (χ1v) is 4.03. The third-order valence-corrected chi connectivity index (χ3v) is 1.73. The molecule has 0 spiro atoms. The highest BCUT2D eigenvalue weighted by Gasteiger charge is 1.98. The van der Waals surface area contributed by atoms with Crippen LogP contribution in [0.15, 0.2) is 30.3 Å². The van der Waals surface area contributed by atoms with Crippen LogP contribution in [-0.4, -0.2) is 12.3 Å². The molecule has 2 heteroatoms. The van der Waals surface area contributed by atoms with E-state index in [1.54, 1.807) is 0 Å². The average molecular weight is 162 g/mol. The number of nitrogens with one attached hydrogen (secondary N) is 1. The summed E-state index contributed by atoms with van der Waals surface area (Å²) in [5.74, 6) is 0.0128. The largest absolute Gasteiger partial charge is 0.298 e. The van der Waals surface area contributed by atoms with Crippen molar-refractivity contribution in [2.75, 3.05) is 6.54 Å². The minimum absolute atomic E-state index is 0.0128. The molecule has 1 aromatic carbocycles. The lowest BCUT2D eigenvalue weighted by molar-refractivity contribution is -0.117. The van der Waals surface area contributed by atoms with E-state index in [-0.39, 0.29) is 12.3 Å². The first-order chi connectivity index (χ1) is 5.83. The maximum atomic E-state index is 10.8. The second-order valence-corrected chi connectivity index (χ2v) is 2.70. The van der Waals surface area contributed by atoms with Crippen molar-refractivity contribution in [2.24, 2.45) is 0 Å². The molecular formula is C10H12NO. The normalized spacial score (nSPS) is 9.75. The molecule has 12 heavy (non-hydrogen) atoms. The van der Waals surface area contributed by atoms with Crippen molar-refractivity contribution in [3.05, 3.63) is 35.9 Å². The monoisotopic (exact) mass is 162 g/mol. The number of hydrogen-bond donors (Lipinski definition) is 0. The molecule has 0 unspecified atom stereocenters. The van der Waals surface area contributed by atoms with E-state index < -0.39 is 0 Å². The van der Waals surface area contributed by atoms with Gasteiger partial charge in [0.05, 0.1) is 6.54 Å². The Hall–Kier alpha value is -1.15. The quantitative estimate of drug-likeness (QED) is 0.661. The van der Waals surface area contributed by atoms with E-state index in [1.165, 1.54) is 5.56 Å². The molecule has 0 fully saturated rings. The molecule has 2 nitrogen and oxygen atoms in total. The van der Waals surface area contributed by atoms with Crippen molar-refractivity contribution >= 4 is 5.78 Å². The molecule has 1 radical (unpaired) electrons. The van der Waals surface area contributed by atoms with Gasteiger partial charge < -0.3 is 0 Å². The number of carbonyl (C=O) groups excluding carboxylic acids is 1. The van der Waals surface area contributed by atoms with E-state index in [0.717, 1.165) is 6.42 Å². The Kier molecular flexibility index (Phi) is 3.48. The summed E-state index contributed by atoms with van der Waals surface area (Å²) >= 11 is 0. The summed E-state index contributed by atoms with van der Waals surface area (Å²) in [5.41, 5.74) is 7.99. The first-order valence-electron chi connectivity index (χ1n) is 4.03. The molecule has 1 aromatic rings. The maximum absolute atomic E-state index is 10.8. The zero-order chi connectivity index (χ0) is 8.81. The summed E-state index contributed by atoms with van der Waals surface area (Å²) < 4.78 is 0. The fourth-order valence-corrected chi connectivity index (χ4v) is 1.02. The van der Waals surface area contributed by atoms with E-state index >= 15 is 0 Å². The summed E-state index contributed by atoms with van der Waals surface area (Å²) in [6.07, 6.45) is 1.26. The molecule has 0 aliphatic rings. The van der Waals surface area contributed by atoms with Crippen molar-refractivity contribution < 1.29 is 4.79 Å². The third-order valence-electron chi connectivity index (χ3n) is 1.73. The molecule has 0 atom stereocenters. The summed E-state index contributed by atoms with van der Waals surface area (Å²) in [6, 6.07) is 9.87. The molecule has 0 aliphatic carbocycles. The molecule has 63 valence electrons. The zero-order valence-electron chi connectivity index (χ0n) is 6.92. The molecular weight excluding hydrogens is 150 g/mol. The maximum Gasteiger partial charge on any atom is 0.148 e. The smallest absolute Gasteiger partial charge is 0.148 e. The van der Waals surface area contributed by atoms with Crippen LogP contribution in [0.5, 0.6) is 0 Å². The van der Waals surface area contributed by atoms with Gasteiger partial charge in [-0.1, -0.05) is 30.3 Å². The molecule has 1 rings (SSSR count). The van der Waals surface area contributed by atoms with Crippen molar-refractivity contribution in [3.63, 3.8) is 0 Å². The number of rotatable bonds is 4. The highest BCUT2D eigenvalue weighted by atomic mass is 16.1. The van der Waals surface area contributed by atoms with Gasteiger partial charge in [0.1, 0.15) is 5.78 Å². The van der Waals surface area contributed by atoms with Gasteiger partial charge in [-0.25, -0.2) is 0 Å². The van der Waals surface area contributed by atoms with Crippen molar-refractivity contribution in [1.82, 2.24) is 5.73 Å². The molecule has 0 heterocycles. The summed E-state index contributed by atoms with van der Waals surface area (Å²) in [4.78, 5) is 10.8. The van der Waals surface area contributed by atoms with Crippen LogP contribution in [0, 0.1) is 0 Å². The van der Waals surface area contributed by atoms with Gasteiger partial charge in [0, 0.05) is 6.42 Å². The fourth-order valence-electron chi connectivity index (χ4n) is 1.02. The molecule has 1 N–H and O–H groups in total. The van der Waals surface area contributed by atoms with E-state index in [0.29, 0.717) is 6.42 Å². The van der Waals surface area contributed by atoms with Crippen molar-refractivity contribution in [1.29, 1.82) is 0 Å². The SMILES string of the molecule is [NH]CC(=O)CCc1ccccc1. The lowest BCUT2D eigenvalue weighted by Crippen LogP contribution is -2.06. The second-order valence-electron chi connectivity index (χ2n) is 2.70. The van der Waals surface area contributed by atoms with E-state index in [2.05, 4.69) is 0 Å². The Morgan fingerprint density at radius 3 is 2.50 bits per heavy atom. The summed E-state index contributed by atoms with van der Waals surface area (Å²) in [7, 11) is 0. The third kappa shape index (κ3) is 2.84. The Morgan fingerprint density at radius 2 is 1.92 bits per heavy atom. The summed E-state index contributed by atoms with van der Waals surface area (Å²) in [6.45, 7) is -0.0904. The summed E-state index contributed by atoms with van der Waals surface area (Å²) in [5, 5.41) is 0. The lowest BCUT2D eigenvalue weighted by Gasteiger charge is -1.97. The van der Waals surface area contributed by atoms with Crippen LogP contribution in [0.25, 0.3) is 0 Å². The number of ketones is 1. The minimum atomic E-state index is -0.0904. The van der Waals surface area contributed by atoms with Gasteiger partial charge >= 0.3 is 0 Å². The van der Waals surface area contributed by atoms with Crippen LogP contribution in [0.4, 0.5) is 0 Å². The van der Waals surface area contributed by atoms with Gasteiger partial charge in [-0.05, 0) is 12.0 Å². The molecule has 0 amide bonds. The predicted molar refractivity (Wildman–Crippen MR) is 47.7 cm³/mol. The average Bonchev–Trinajstić information content (AvgIpc) is 2.16. The van der Waals surface area contributed by atoms with Gasteiger partial charge in [-0.15, -0.1) is 0 Å². The number of carbonyl (C=O) groups is 1. The topological polar surface area (TPSA) is 40.9 Å². The molecule has 0 aromatic heterocycles. The van der Waals surface area contributed by atoms with Crippen LogP contribution < -0.4 is 5.73 Å². The van der Waals surface area contributed by atoms with Crippen molar-refractivity contribution in [3.8, 4) is 0 Å². The van der Waals surface area contributed by atoms with E-state index in [9.17, 15) is 4.79 Å². The fraction of sp³-hybridized carbons (Fsp3) is 0.300. The minimum Gasteiger partial charge on any atom is -0.298 e. The van der Waals surface area contributed by atoms with Crippen molar-refractivity contribution in [2.45, 2.75) is 12.8 Å². The highest BCUT2D eigenvalue weighted by molar-refractivity contribution is 5.80. The number of hydrogen-bond acceptors (Lipinski definition) is 1. The first kappa shape index (κ1) is 8.94. The number of aryl methyl sites for hydroxylation is 1. The van der Waals surface area contributed by atoms with Crippen LogP contribution in [0.1, 0.15) is 12.0 Å². The Balaban J connectivity index is 2.38. The van der Waals surface area contributed by atoms with Gasteiger partial charge in [0.25, 0.3) is 0 Å². The predicted octanol–water partition coefficient (Wildman–Crippen LogP) is 1.47. The van der Waals surface area contributed by atoms with Crippen LogP contribution in [-0.2, 0) is 11.2 Å². The Morgan fingerprint density at radius 1 is 1.25 bits per heavy atom. The zero-order valence-corrected chi connectivity index (χ0v) is 6.92. The molecule has 0 aliphatic heterocycles. The number of Topliss-reactive ketones (excluding diaryl/α,β-unsaturated/α-hetero) is 1. The molecule has 0 saturated carbocycles. The van der Waals surface area contributed by atoms with Crippen LogP contribution >= 0.6 is 0 Å². The molecule has 0 bridgehead atoms. The number of benzene rings is 1. The second kappa shape index (κ2) is 4.67. The standard InChI is InChI=1S/C10H12NO/c11-8-10(12)7-6-9-4-2-1-3-5-9/h1-5,11H,6-8H2. The highest BCUT2D eigenvalue weighted by Crippen LogP contribution is 2.02. The van der Waals surface area contributed by atoms with E-state index in [4.69, 9.17) is 5.73 Å². The lowest BCUT2D eigenvalue weighted by atomic mass is 10.1. The van der Waals surface area contributed by atoms with E-state index in [1.807, 2.05) is 30.3 Å². The van der Waals surface area contributed by atoms with Gasteiger partial charge in [0.15, 0.2) is 0 Å². The Labute approximate surface area is 72.4 Å². The van der Waals surface area contributed by atoms with Gasteiger partial charge in [-0.3, -0.25) is 10.5 Å². The van der Waals surface area contributed by atoms with Crippen LogP contribution in [0.3, 0.4) is 0 Å². The van der Waals surface area contributed by atoms with Gasteiger partial charge in [-0.2, -0.15) is 0 Å². The Bertz CT molecular complexity index is 243. The van der Waals surface area contributed by atoms with Crippen LogP contribution in [0.2, 0.25) is 0 Å². The molecule has 0 saturated heterocycles. The van der Waals surface area contributed by atoms with Gasteiger partial charge in [0.2, 0.25) is 0 Å².